The molecule has 0 spiro atoms. The van der Waals surface area contributed by atoms with Gasteiger partial charge in [-0.2, -0.15) is 18.4 Å². The van der Waals surface area contributed by atoms with E-state index >= 15 is 0 Å². The minimum Gasteiger partial charge on any atom is -0.496 e. The van der Waals surface area contributed by atoms with E-state index in [1.165, 1.54) is 7.11 Å². The van der Waals surface area contributed by atoms with E-state index in [0.29, 0.717) is 16.9 Å². The van der Waals surface area contributed by atoms with Crippen molar-refractivity contribution < 1.29 is 17.9 Å². The molecule has 0 aliphatic heterocycles. The lowest BCUT2D eigenvalue weighted by Crippen LogP contribution is -2.17. The number of hydrogen-bond donors (Lipinski definition) is 1. The average molecular weight is 375 g/mol. The lowest BCUT2D eigenvalue weighted by atomic mass is 9.93. The highest BCUT2D eigenvalue weighted by molar-refractivity contribution is 6.00. The van der Waals surface area contributed by atoms with Crippen molar-refractivity contribution in [3.63, 3.8) is 0 Å². The largest absolute Gasteiger partial charge is 0.496 e. The van der Waals surface area contributed by atoms with Gasteiger partial charge in [-0.1, -0.05) is 6.07 Å². The highest BCUT2D eigenvalue weighted by atomic mass is 19.4. The fourth-order valence-electron chi connectivity index (χ4n) is 3.16. The van der Waals surface area contributed by atoms with Gasteiger partial charge in [0.25, 0.3) is 0 Å². The molecule has 3 rings (SSSR count). The topological polar surface area (TPSA) is 89.8 Å². The highest BCUT2D eigenvalue weighted by Gasteiger charge is 2.30. The van der Waals surface area contributed by atoms with Crippen molar-refractivity contribution >= 4 is 16.9 Å². The molecule has 0 atom stereocenters. The SMILES string of the molecule is COc1ccc(C)c(-c2c(N)c(C#N)nc3c2ncn3CC(F)(F)F)c1C. The Hall–Kier alpha value is -3.28. The van der Waals surface area contributed by atoms with Gasteiger partial charge in [-0.05, 0) is 36.6 Å². The van der Waals surface area contributed by atoms with E-state index in [-0.39, 0.29) is 22.5 Å². The van der Waals surface area contributed by atoms with Gasteiger partial charge >= 0.3 is 6.18 Å². The highest BCUT2D eigenvalue weighted by Crippen LogP contribution is 2.40. The predicted octanol–water partition coefficient (Wildman–Crippen LogP) is 3.74. The van der Waals surface area contributed by atoms with Crippen molar-refractivity contribution in [1.29, 1.82) is 5.26 Å². The number of nitriles is 1. The quantitative estimate of drug-likeness (QED) is 0.753. The second-order valence-electron chi connectivity index (χ2n) is 6.11. The van der Waals surface area contributed by atoms with Crippen LogP contribution in [0.5, 0.6) is 5.75 Å². The molecule has 0 fully saturated rings. The lowest BCUT2D eigenvalue weighted by molar-refractivity contribution is -0.140. The van der Waals surface area contributed by atoms with Crippen LogP contribution in [-0.2, 0) is 6.54 Å². The van der Waals surface area contributed by atoms with Gasteiger partial charge < -0.3 is 15.0 Å². The molecule has 0 saturated heterocycles. The second-order valence-corrected chi connectivity index (χ2v) is 6.11. The Morgan fingerprint density at radius 2 is 1.96 bits per heavy atom. The molecule has 0 aliphatic rings. The molecular weight excluding hydrogens is 359 g/mol. The zero-order chi connectivity index (χ0) is 19.9. The lowest BCUT2D eigenvalue weighted by Gasteiger charge is -2.17. The third-order valence-electron chi connectivity index (χ3n) is 4.34. The number of fused-ring (bicyclic) bond motifs is 1. The number of rotatable bonds is 3. The van der Waals surface area contributed by atoms with Crippen molar-refractivity contribution in [2.75, 3.05) is 12.8 Å². The normalized spacial score (nSPS) is 11.6. The molecule has 0 bridgehead atoms. The number of nitrogens with zero attached hydrogens (tertiary/aromatic N) is 4. The van der Waals surface area contributed by atoms with E-state index in [2.05, 4.69) is 9.97 Å². The summed E-state index contributed by atoms with van der Waals surface area (Å²) in [5, 5.41) is 9.38. The fraction of sp³-hybridized carbons (Fsp3) is 0.278. The molecule has 140 valence electrons. The number of aryl methyl sites for hydroxylation is 1. The Bertz CT molecular complexity index is 1080. The van der Waals surface area contributed by atoms with Crippen LogP contribution in [0.1, 0.15) is 16.8 Å². The molecule has 2 aromatic heterocycles. The Kier molecular flexibility index (Phi) is 4.43. The predicted molar refractivity (Wildman–Crippen MR) is 94.2 cm³/mol. The standard InChI is InChI=1S/C18H16F3N5O/c1-9-4-5-12(27-3)10(2)13(9)14-15(23)11(6-22)25-17-16(14)24-8-26(17)7-18(19,20)21/h4-5,8H,7,23H2,1-3H3. The molecule has 1 aromatic carbocycles. The van der Waals surface area contributed by atoms with E-state index in [9.17, 15) is 18.4 Å². The molecule has 3 aromatic rings. The molecule has 0 saturated carbocycles. The Labute approximate surface area is 153 Å². The number of imidazole rings is 1. The van der Waals surface area contributed by atoms with E-state index in [1.54, 1.807) is 6.07 Å². The van der Waals surface area contributed by atoms with Crippen LogP contribution < -0.4 is 10.5 Å². The molecule has 6 nitrogen and oxygen atoms in total. The van der Waals surface area contributed by atoms with Gasteiger partial charge in [0.1, 0.15) is 23.9 Å². The smallest absolute Gasteiger partial charge is 0.406 e. The second kappa shape index (κ2) is 6.46. The third kappa shape index (κ3) is 3.14. The molecular formula is C18H16F3N5O. The van der Waals surface area contributed by atoms with Crippen LogP contribution in [0.4, 0.5) is 18.9 Å². The van der Waals surface area contributed by atoms with E-state index in [4.69, 9.17) is 10.5 Å². The van der Waals surface area contributed by atoms with Crippen molar-refractivity contribution in [3.05, 3.63) is 35.3 Å². The van der Waals surface area contributed by atoms with Gasteiger partial charge in [-0.3, -0.25) is 0 Å². The number of pyridine rings is 1. The molecule has 2 heterocycles. The first-order chi connectivity index (χ1) is 12.7. The summed E-state index contributed by atoms with van der Waals surface area (Å²) in [4.78, 5) is 8.13. The minimum atomic E-state index is -4.45. The van der Waals surface area contributed by atoms with Gasteiger partial charge in [0.05, 0.1) is 19.1 Å². The molecule has 0 radical (unpaired) electrons. The summed E-state index contributed by atoms with van der Waals surface area (Å²) in [7, 11) is 1.52. The maximum atomic E-state index is 12.9. The van der Waals surface area contributed by atoms with Crippen molar-refractivity contribution in [3.8, 4) is 22.9 Å². The number of aromatic nitrogens is 3. The van der Waals surface area contributed by atoms with Crippen LogP contribution in [0.25, 0.3) is 22.3 Å². The van der Waals surface area contributed by atoms with Gasteiger partial charge in [-0.15, -0.1) is 0 Å². The Morgan fingerprint density at radius 3 is 2.56 bits per heavy atom. The Balaban J connectivity index is 2.41. The number of ether oxygens (including phenoxy) is 1. The average Bonchev–Trinajstić information content (AvgIpc) is 2.97. The minimum absolute atomic E-state index is 0.0466. The fourth-order valence-corrected chi connectivity index (χ4v) is 3.16. The number of nitrogens with two attached hydrogens (primary N) is 1. The Morgan fingerprint density at radius 1 is 1.26 bits per heavy atom. The maximum absolute atomic E-state index is 12.9. The van der Waals surface area contributed by atoms with Gasteiger partial charge in [-0.25, -0.2) is 9.97 Å². The monoisotopic (exact) mass is 375 g/mol. The summed E-state index contributed by atoms with van der Waals surface area (Å²) in [5.74, 6) is 0.591. The van der Waals surface area contributed by atoms with Gasteiger partial charge in [0, 0.05) is 5.56 Å². The molecule has 0 aliphatic carbocycles. The third-order valence-corrected chi connectivity index (χ3v) is 4.34. The maximum Gasteiger partial charge on any atom is 0.406 e. The first kappa shape index (κ1) is 18.5. The zero-order valence-electron chi connectivity index (χ0n) is 14.8. The van der Waals surface area contributed by atoms with Crippen molar-refractivity contribution in [2.45, 2.75) is 26.6 Å². The molecule has 0 unspecified atom stereocenters. The molecule has 0 amide bonds. The number of halogens is 3. The molecule has 9 heteroatoms. The first-order valence-corrected chi connectivity index (χ1v) is 7.93. The number of hydrogen-bond acceptors (Lipinski definition) is 5. The summed E-state index contributed by atoms with van der Waals surface area (Å²) in [6.45, 7) is 2.39. The van der Waals surface area contributed by atoms with Crippen LogP contribution in [0.2, 0.25) is 0 Å². The van der Waals surface area contributed by atoms with Crippen LogP contribution in [-0.4, -0.2) is 27.8 Å². The number of alkyl halides is 3. The van der Waals surface area contributed by atoms with Crippen LogP contribution in [0.15, 0.2) is 18.5 Å². The van der Waals surface area contributed by atoms with E-state index in [1.807, 2.05) is 26.0 Å². The number of methoxy groups -OCH3 is 1. The van der Waals surface area contributed by atoms with Crippen LogP contribution in [0, 0.1) is 25.2 Å². The summed E-state index contributed by atoms with van der Waals surface area (Å²) >= 11 is 0. The molecule has 2 N–H and O–H groups in total. The van der Waals surface area contributed by atoms with Gasteiger partial charge in [0.2, 0.25) is 0 Å². The van der Waals surface area contributed by atoms with E-state index in [0.717, 1.165) is 22.0 Å². The summed E-state index contributed by atoms with van der Waals surface area (Å²) in [6.07, 6.45) is -3.40. The number of nitrogen functional groups attached to an aromatic ring is 1. The van der Waals surface area contributed by atoms with Crippen LogP contribution in [0.3, 0.4) is 0 Å². The molecule has 27 heavy (non-hydrogen) atoms. The number of anilines is 1. The summed E-state index contributed by atoms with van der Waals surface area (Å²) in [5.41, 5.74) is 8.84. The summed E-state index contributed by atoms with van der Waals surface area (Å²) in [6, 6.07) is 5.45. The van der Waals surface area contributed by atoms with Crippen molar-refractivity contribution in [1.82, 2.24) is 14.5 Å². The summed E-state index contributed by atoms with van der Waals surface area (Å²) < 4.78 is 44.8. The van der Waals surface area contributed by atoms with Crippen molar-refractivity contribution in [2.24, 2.45) is 0 Å². The van der Waals surface area contributed by atoms with Gasteiger partial charge in [0.15, 0.2) is 11.3 Å². The van der Waals surface area contributed by atoms with Crippen LogP contribution >= 0.6 is 0 Å². The zero-order valence-corrected chi connectivity index (χ0v) is 14.8. The number of benzene rings is 1. The van der Waals surface area contributed by atoms with E-state index < -0.39 is 12.7 Å². The first-order valence-electron chi connectivity index (χ1n) is 7.93.